The molecule has 0 saturated carbocycles. The predicted molar refractivity (Wildman–Crippen MR) is 53.3 cm³/mol. The summed E-state index contributed by atoms with van der Waals surface area (Å²) in [7, 11) is 1.71. The molecule has 0 aliphatic heterocycles. The summed E-state index contributed by atoms with van der Waals surface area (Å²) < 4.78 is 1.51. The quantitative estimate of drug-likeness (QED) is 0.592. The molecular weight excluding hydrogens is 198 g/mol. The van der Waals surface area contributed by atoms with E-state index in [4.69, 9.17) is 5.11 Å². The lowest BCUT2D eigenvalue weighted by molar-refractivity contribution is 0.00320. The SMILES string of the molecule is Cn1cc(C(=O)NCC(C)(O)CO)cn1. The molecule has 0 radical (unpaired) electrons. The molecule has 1 aromatic rings. The van der Waals surface area contributed by atoms with Crippen LogP contribution in [0.5, 0.6) is 0 Å². The Bertz CT molecular complexity index is 346. The zero-order valence-corrected chi connectivity index (χ0v) is 8.77. The molecule has 1 unspecified atom stereocenters. The van der Waals surface area contributed by atoms with E-state index in [2.05, 4.69) is 10.4 Å². The van der Waals surface area contributed by atoms with Crippen LogP contribution in [0, 0.1) is 0 Å². The Morgan fingerprint density at radius 3 is 2.87 bits per heavy atom. The van der Waals surface area contributed by atoms with Crippen molar-refractivity contribution in [1.29, 1.82) is 0 Å². The van der Waals surface area contributed by atoms with Crippen LogP contribution in [0.25, 0.3) is 0 Å². The van der Waals surface area contributed by atoms with Crippen molar-refractivity contribution in [2.75, 3.05) is 13.2 Å². The molecule has 6 heteroatoms. The number of carbonyl (C=O) groups is 1. The first-order valence-electron chi connectivity index (χ1n) is 4.55. The van der Waals surface area contributed by atoms with E-state index < -0.39 is 12.2 Å². The normalized spacial score (nSPS) is 14.7. The van der Waals surface area contributed by atoms with Crippen molar-refractivity contribution in [3.05, 3.63) is 18.0 Å². The highest BCUT2D eigenvalue weighted by molar-refractivity contribution is 5.93. The van der Waals surface area contributed by atoms with Gasteiger partial charge in [-0.1, -0.05) is 0 Å². The standard InChI is InChI=1S/C9H15N3O3/c1-9(15,6-13)5-10-8(14)7-3-11-12(2)4-7/h3-4,13,15H,5-6H2,1-2H3,(H,10,14). The molecular formula is C9H15N3O3. The van der Waals surface area contributed by atoms with E-state index in [-0.39, 0.29) is 12.5 Å². The van der Waals surface area contributed by atoms with Gasteiger partial charge in [-0.05, 0) is 6.92 Å². The van der Waals surface area contributed by atoms with Gasteiger partial charge >= 0.3 is 0 Å². The van der Waals surface area contributed by atoms with Crippen molar-refractivity contribution in [3.8, 4) is 0 Å². The van der Waals surface area contributed by atoms with Crippen LogP contribution >= 0.6 is 0 Å². The summed E-state index contributed by atoms with van der Waals surface area (Å²) in [6.07, 6.45) is 3.01. The van der Waals surface area contributed by atoms with Gasteiger partial charge in [0, 0.05) is 19.8 Å². The number of rotatable bonds is 4. The number of aromatic nitrogens is 2. The van der Waals surface area contributed by atoms with Crippen LogP contribution < -0.4 is 5.32 Å². The average molecular weight is 213 g/mol. The monoisotopic (exact) mass is 213 g/mol. The summed E-state index contributed by atoms with van der Waals surface area (Å²) in [5.74, 6) is -0.322. The maximum absolute atomic E-state index is 11.5. The highest BCUT2D eigenvalue weighted by atomic mass is 16.3. The molecule has 1 heterocycles. The number of amides is 1. The molecule has 0 saturated heterocycles. The maximum Gasteiger partial charge on any atom is 0.254 e. The molecule has 0 spiro atoms. The lowest BCUT2D eigenvalue weighted by atomic mass is 10.1. The minimum Gasteiger partial charge on any atom is -0.393 e. The van der Waals surface area contributed by atoms with E-state index in [9.17, 15) is 9.90 Å². The van der Waals surface area contributed by atoms with E-state index in [1.54, 1.807) is 13.2 Å². The van der Waals surface area contributed by atoms with Crippen LogP contribution in [0.15, 0.2) is 12.4 Å². The average Bonchev–Trinajstić information content (AvgIpc) is 2.61. The Labute approximate surface area is 87.5 Å². The van der Waals surface area contributed by atoms with Gasteiger partial charge < -0.3 is 15.5 Å². The second-order valence-corrected chi connectivity index (χ2v) is 3.74. The predicted octanol–water partition coefficient (Wildman–Crippen LogP) is -1.11. The van der Waals surface area contributed by atoms with E-state index >= 15 is 0 Å². The summed E-state index contributed by atoms with van der Waals surface area (Å²) >= 11 is 0. The molecule has 15 heavy (non-hydrogen) atoms. The highest BCUT2D eigenvalue weighted by Gasteiger charge is 2.20. The minimum absolute atomic E-state index is 0.00275. The third-order valence-electron chi connectivity index (χ3n) is 1.94. The lowest BCUT2D eigenvalue weighted by Crippen LogP contribution is -2.43. The smallest absolute Gasteiger partial charge is 0.254 e. The molecule has 84 valence electrons. The van der Waals surface area contributed by atoms with Crippen LogP contribution in [-0.4, -0.2) is 44.7 Å². The minimum atomic E-state index is -1.29. The number of aliphatic hydroxyl groups excluding tert-OH is 1. The molecule has 0 aliphatic rings. The number of nitrogens with zero attached hydrogens (tertiary/aromatic N) is 2. The zero-order valence-electron chi connectivity index (χ0n) is 8.77. The van der Waals surface area contributed by atoms with Crippen molar-refractivity contribution >= 4 is 5.91 Å². The molecule has 0 aliphatic carbocycles. The molecule has 1 aromatic heterocycles. The Morgan fingerprint density at radius 1 is 1.73 bits per heavy atom. The van der Waals surface area contributed by atoms with Gasteiger partial charge in [0.1, 0.15) is 5.60 Å². The lowest BCUT2D eigenvalue weighted by Gasteiger charge is -2.20. The number of nitrogens with one attached hydrogen (secondary N) is 1. The van der Waals surface area contributed by atoms with Gasteiger partial charge in [-0.15, -0.1) is 0 Å². The first-order chi connectivity index (χ1) is 6.94. The number of carbonyl (C=O) groups excluding carboxylic acids is 1. The van der Waals surface area contributed by atoms with Crippen molar-refractivity contribution in [3.63, 3.8) is 0 Å². The van der Waals surface area contributed by atoms with E-state index in [1.165, 1.54) is 17.8 Å². The first-order valence-corrected chi connectivity index (χ1v) is 4.55. The molecule has 1 rings (SSSR count). The summed E-state index contributed by atoms with van der Waals surface area (Å²) in [6, 6.07) is 0. The van der Waals surface area contributed by atoms with Gasteiger partial charge in [-0.25, -0.2) is 0 Å². The van der Waals surface area contributed by atoms with Gasteiger partial charge in [0.2, 0.25) is 0 Å². The van der Waals surface area contributed by atoms with Crippen LogP contribution in [0.4, 0.5) is 0 Å². The number of hydrogen-bond donors (Lipinski definition) is 3. The summed E-state index contributed by atoms with van der Waals surface area (Å²) in [6.45, 7) is 1.04. The number of aliphatic hydroxyl groups is 2. The number of hydrogen-bond acceptors (Lipinski definition) is 4. The Kier molecular flexibility index (Phi) is 3.43. The second kappa shape index (κ2) is 4.41. The van der Waals surface area contributed by atoms with Crippen molar-refractivity contribution in [2.24, 2.45) is 7.05 Å². The van der Waals surface area contributed by atoms with Crippen molar-refractivity contribution < 1.29 is 15.0 Å². The summed E-state index contributed by atoms with van der Waals surface area (Å²) in [5, 5.41) is 24.5. The molecule has 1 atom stereocenters. The third kappa shape index (κ3) is 3.34. The molecule has 6 nitrogen and oxygen atoms in total. The fourth-order valence-electron chi connectivity index (χ4n) is 0.967. The van der Waals surface area contributed by atoms with E-state index in [0.29, 0.717) is 5.56 Å². The maximum atomic E-state index is 11.5. The largest absolute Gasteiger partial charge is 0.393 e. The summed E-state index contributed by atoms with van der Waals surface area (Å²) in [5.41, 5.74) is -0.871. The number of aryl methyl sites for hydroxylation is 1. The first kappa shape index (κ1) is 11.7. The van der Waals surface area contributed by atoms with Gasteiger partial charge in [0.25, 0.3) is 5.91 Å². The van der Waals surface area contributed by atoms with Crippen molar-refractivity contribution in [1.82, 2.24) is 15.1 Å². The van der Waals surface area contributed by atoms with Crippen LogP contribution in [-0.2, 0) is 7.05 Å². The molecule has 3 N–H and O–H groups in total. The van der Waals surface area contributed by atoms with Crippen molar-refractivity contribution in [2.45, 2.75) is 12.5 Å². The van der Waals surface area contributed by atoms with Gasteiger partial charge in [-0.2, -0.15) is 5.10 Å². The van der Waals surface area contributed by atoms with Crippen LogP contribution in [0.2, 0.25) is 0 Å². The molecule has 0 bridgehead atoms. The topological polar surface area (TPSA) is 87.4 Å². The van der Waals surface area contributed by atoms with E-state index in [1.807, 2.05) is 0 Å². The zero-order chi connectivity index (χ0) is 11.5. The van der Waals surface area contributed by atoms with Crippen LogP contribution in [0.1, 0.15) is 17.3 Å². The third-order valence-corrected chi connectivity index (χ3v) is 1.94. The Balaban J connectivity index is 2.50. The van der Waals surface area contributed by atoms with Crippen LogP contribution in [0.3, 0.4) is 0 Å². The van der Waals surface area contributed by atoms with Gasteiger partial charge in [0.15, 0.2) is 0 Å². The van der Waals surface area contributed by atoms with Gasteiger partial charge in [0.05, 0.1) is 18.4 Å². The molecule has 0 aromatic carbocycles. The fourth-order valence-corrected chi connectivity index (χ4v) is 0.967. The highest BCUT2D eigenvalue weighted by Crippen LogP contribution is 2.01. The Morgan fingerprint density at radius 2 is 2.40 bits per heavy atom. The molecule has 0 fully saturated rings. The second-order valence-electron chi connectivity index (χ2n) is 3.74. The fraction of sp³-hybridized carbons (Fsp3) is 0.556. The van der Waals surface area contributed by atoms with E-state index in [0.717, 1.165) is 0 Å². The Hall–Kier alpha value is -1.40. The summed E-state index contributed by atoms with van der Waals surface area (Å²) in [4.78, 5) is 11.5. The van der Waals surface area contributed by atoms with Gasteiger partial charge in [-0.3, -0.25) is 9.48 Å². The molecule has 1 amide bonds.